The zero-order valence-corrected chi connectivity index (χ0v) is 13.4. The standard InChI is InChI=1S/C15H22F3N5O/c16-15(17,18)10-1-3-11(4-2-10)20-14(24)13-9-23(22-21-13)12-5-7-19-8-6-12/h9-12,19H,1-8H2,(H,20,24). The van der Waals surface area contributed by atoms with Crippen molar-refractivity contribution in [2.75, 3.05) is 13.1 Å². The third kappa shape index (κ3) is 4.06. The van der Waals surface area contributed by atoms with Crippen LogP contribution in [-0.4, -0.2) is 46.2 Å². The van der Waals surface area contributed by atoms with Gasteiger partial charge in [-0.15, -0.1) is 5.10 Å². The van der Waals surface area contributed by atoms with Gasteiger partial charge in [0.1, 0.15) is 0 Å². The molecular weight excluding hydrogens is 323 g/mol. The molecular formula is C15H22F3N5O. The highest BCUT2D eigenvalue weighted by atomic mass is 19.4. The summed E-state index contributed by atoms with van der Waals surface area (Å²) in [5, 5.41) is 14.0. The summed E-state index contributed by atoms with van der Waals surface area (Å²) in [6.07, 6.45) is 0.195. The van der Waals surface area contributed by atoms with Crippen LogP contribution in [-0.2, 0) is 0 Å². The number of hydrogen-bond donors (Lipinski definition) is 2. The molecule has 24 heavy (non-hydrogen) atoms. The normalized spacial score (nSPS) is 26.3. The first-order valence-corrected chi connectivity index (χ1v) is 8.43. The van der Waals surface area contributed by atoms with E-state index >= 15 is 0 Å². The largest absolute Gasteiger partial charge is 0.391 e. The molecule has 134 valence electrons. The van der Waals surface area contributed by atoms with Crippen LogP contribution in [0.4, 0.5) is 13.2 Å². The second kappa shape index (κ2) is 7.08. The molecule has 0 aromatic carbocycles. The van der Waals surface area contributed by atoms with E-state index in [1.54, 1.807) is 10.9 Å². The molecule has 1 saturated carbocycles. The maximum absolute atomic E-state index is 12.7. The minimum absolute atomic E-state index is 0.0657. The van der Waals surface area contributed by atoms with E-state index in [2.05, 4.69) is 20.9 Å². The maximum Gasteiger partial charge on any atom is 0.391 e. The lowest BCUT2D eigenvalue weighted by atomic mass is 9.85. The summed E-state index contributed by atoms with van der Waals surface area (Å²) >= 11 is 0. The molecule has 1 aliphatic carbocycles. The Morgan fingerprint density at radius 2 is 1.83 bits per heavy atom. The van der Waals surface area contributed by atoms with Crippen molar-refractivity contribution in [2.24, 2.45) is 5.92 Å². The van der Waals surface area contributed by atoms with Crippen molar-refractivity contribution >= 4 is 5.91 Å². The fourth-order valence-corrected chi connectivity index (χ4v) is 3.45. The smallest absolute Gasteiger partial charge is 0.348 e. The fourth-order valence-electron chi connectivity index (χ4n) is 3.45. The third-order valence-electron chi connectivity index (χ3n) is 4.95. The van der Waals surface area contributed by atoms with Crippen molar-refractivity contribution in [2.45, 2.75) is 56.8 Å². The number of rotatable bonds is 3. The van der Waals surface area contributed by atoms with Crippen molar-refractivity contribution in [3.05, 3.63) is 11.9 Å². The van der Waals surface area contributed by atoms with E-state index in [4.69, 9.17) is 0 Å². The Bertz CT molecular complexity index is 560. The summed E-state index contributed by atoms with van der Waals surface area (Å²) < 4.78 is 39.7. The lowest BCUT2D eigenvalue weighted by molar-refractivity contribution is -0.182. The number of hydrogen-bond acceptors (Lipinski definition) is 4. The predicted octanol–water partition coefficient (Wildman–Crippen LogP) is 2.05. The molecule has 0 unspecified atom stereocenters. The molecule has 2 fully saturated rings. The van der Waals surface area contributed by atoms with E-state index in [9.17, 15) is 18.0 Å². The minimum atomic E-state index is -4.13. The van der Waals surface area contributed by atoms with Gasteiger partial charge in [0.15, 0.2) is 5.69 Å². The molecule has 6 nitrogen and oxygen atoms in total. The SMILES string of the molecule is O=C(NC1CCC(C(F)(F)F)CC1)c1cn(C2CCNCC2)nn1. The van der Waals surface area contributed by atoms with Crippen LogP contribution in [0.3, 0.4) is 0 Å². The van der Waals surface area contributed by atoms with Gasteiger partial charge < -0.3 is 10.6 Å². The minimum Gasteiger partial charge on any atom is -0.348 e. The highest BCUT2D eigenvalue weighted by Crippen LogP contribution is 2.37. The topological polar surface area (TPSA) is 71.8 Å². The first kappa shape index (κ1) is 17.2. The number of aromatic nitrogens is 3. The zero-order valence-electron chi connectivity index (χ0n) is 13.4. The fraction of sp³-hybridized carbons (Fsp3) is 0.800. The Hall–Kier alpha value is -1.64. The van der Waals surface area contributed by atoms with Crippen LogP contribution >= 0.6 is 0 Å². The Morgan fingerprint density at radius 3 is 2.46 bits per heavy atom. The summed E-state index contributed by atoms with van der Waals surface area (Å²) in [5.41, 5.74) is 0.228. The number of alkyl halides is 3. The van der Waals surface area contributed by atoms with Gasteiger partial charge in [0.05, 0.1) is 18.2 Å². The van der Waals surface area contributed by atoms with Gasteiger partial charge in [-0.3, -0.25) is 4.79 Å². The summed E-state index contributed by atoms with van der Waals surface area (Å²) in [7, 11) is 0. The third-order valence-corrected chi connectivity index (χ3v) is 4.95. The van der Waals surface area contributed by atoms with Gasteiger partial charge in [0, 0.05) is 6.04 Å². The van der Waals surface area contributed by atoms with Crippen molar-refractivity contribution in [3.8, 4) is 0 Å². The van der Waals surface area contributed by atoms with E-state index < -0.39 is 12.1 Å². The first-order chi connectivity index (χ1) is 11.4. The molecule has 1 amide bonds. The number of nitrogens with one attached hydrogen (secondary N) is 2. The summed E-state index contributed by atoms with van der Waals surface area (Å²) in [5.74, 6) is -1.60. The zero-order chi connectivity index (χ0) is 17.2. The van der Waals surface area contributed by atoms with Crippen LogP contribution in [0.2, 0.25) is 0 Å². The highest BCUT2D eigenvalue weighted by Gasteiger charge is 2.41. The average Bonchev–Trinajstić information content (AvgIpc) is 3.05. The quantitative estimate of drug-likeness (QED) is 0.880. The summed E-state index contributed by atoms with van der Waals surface area (Å²) in [6, 6.07) is 0.0163. The van der Waals surface area contributed by atoms with E-state index in [0.717, 1.165) is 25.9 Å². The number of carbonyl (C=O) groups is 1. The molecule has 2 aliphatic rings. The number of halogens is 3. The van der Waals surface area contributed by atoms with Gasteiger partial charge in [-0.05, 0) is 51.6 Å². The van der Waals surface area contributed by atoms with E-state index in [1.807, 2.05) is 0 Å². The monoisotopic (exact) mass is 345 g/mol. The van der Waals surface area contributed by atoms with Gasteiger partial charge in [-0.2, -0.15) is 13.2 Å². The molecule has 0 atom stereocenters. The highest BCUT2D eigenvalue weighted by molar-refractivity contribution is 5.92. The van der Waals surface area contributed by atoms with Crippen LogP contribution in [0.5, 0.6) is 0 Å². The molecule has 3 rings (SSSR count). The molecule has 1 aliphatic heterocycles. The molecule has 1 aromatic rings. The Morgan fingerprint density at radius 1 is 1.17 bits per heavy atom. The summed E-state index contributed by atoms with van der Waals surface area (Å²) in [6.45, 7) is 1.82. The van der Waals surface area contributed by atoms with E-state index in [0.29, 0.717) is 12.8 Å². The molecule has 2 N–H and O–H groups in total. The lowest BCUT2D eigenvalue weighted by Gasteiger charge is -2.30. The van der Waals surface area contributed by atoms with Crippen molar-refractivity contribution in [3.63, 3.8) is 0 Å². The second-order valence-electron chi connectivity index (χ2n) is 6.63. The van der Waals surface area contributed by atoms with Gasteiger partial charge in [-0.1, -0.05) is 5.21 Å². The Labute approximate surface area is 138 Å². The molecule has 0 spiro atoms. The van der Waals surface area contributed by atoms with Crippen LogP contribution in [0.1, 0.15) is 55.1 Å². The Kier molecular flexibility index (Phi) is 5.07. The molecule has 0 bridgehead atoms. The van der Waals surface area contributed by atoms with E-state index in [1.165, 1.54) is 0 Å². The molecule has 0 radical (unpaired) electrons. The first-order valence-electron chi connectivity index (χ1n) is 8.43. The predicted molar refractivity (Wildman–Crippen MR) is 80.4 cm³/mol. The van der Waals surface area contributed by atoms with Crippen molar-refractivity contribution in [1.82, 2.24) is 25.6 Å². The number of amides is 1. The van der Waals surface area contributed by atoms with Gasteiger partial charge >= 0.3 is 6.18 Å². The molecule has 1 aromatic heterocycles. The van der Waals surface area contributed by atoms with Gasteiger partial charge in [-0.25, -0.2) is 4.68 Å². The average molecular weight is 345 g/mol. The van der Waals surface area contributed by atoms with Crippen molar-refractivity contribution < 1.29 is 18.0 Å². The van der Waals surface area contributed by atoms with Crippen LogP contribution in [0.25, 0.3) is 0 Å². The van der Waals surface area contributed by atoms with Crippen LogP contribution in [0.15, 0.2) is 6.20 Å². The van der Waals surface area contributed by atoms with Gasteiger partial charge in [0.2, 0.25) is 0 Å². The number of nitrogens with zero attached hydrogens (tertiary/aromatic N) is 3. The van der Waals surface area contributed by atoms with Crippen LogP contribution < -0.4 is 10.6 Å². The van der Waals surface area contributed by atoms with E-state index in [-0.39, 0.29) is 36.5 Å². The maximum atomic E-state index is 12.7. The molecule has 9 heteroatoms. The molecule has 1 saturated heterocycles. The lowest BCUT2D eigenvalue weighted by Crippen LogP contribution is -2.40. The van der Waals surface area contributed by atoms with Crippen molar-refractivity contribution in [1.29, 1.82) is 0 Å². The summed E-state index contributed by atoms with van der Waals surface area (Å²) in [4.78, 5) is 12.2. The number of carbonyl (C=O) groups excluding carboxylic acids is 1. The van der Waals surface area contributed by atoms with Gasteiger partial charge in [0.25, 0.3) is 5.91 Å². The Balaban J connectivity index is 1.51. The second-order valence-corrected chi connectivity index (χ2v) is 6.63. The molecule has 2 heterocycles. The van der Waals surface area contributed by atoms with Crippen LogP contribution in [0, 0.1) is 5.92 Å². The number of piperidine rings is 1.